The average Bonchev–Trinajstić information content (AvgIpc) is 2.77. The monoisotopic (exact) mass is 378 g/mol. The molecule has 0 spiro atoms. The largest absolute Gasteiger partial charge is 0.497 e. The molecule has 0 atom stereocenters. The van der Waals surface area contributed by atoms with E-state index in [2.05, 4.69) is 10.3 Å². The number of hydrogen-bond acceptors (Lipinski definition) is 5. The summed E-state index contributed by atoms with van der Waals surface area (Å²) in [6.07, 6.45) is 3.48. The number of amides is 1. The summed E-state index contributed by atoms with van der Waals surface area (Å²) >= 11 is 0. The van der Waals surface area contributed by atoms with Crippen molar-refractivity contribution in [3.63, 3.8) is 0 Å². The number of methoxy groups -OCH3 is 2. The first-order valence-corrected chi connectivity index (χ1v) is 8.80. The minimum atomic E-state index is -0.154. The third kappa shape index (κ3) is 5.01. The summed E-state index contributed by atoms with van der Waals surface area (Å²) in [6, 6.07) is 16.4. The van der Waals surface area contributed by atoms with Crippen LogP contribution in [-0.2, 0) is 13.2 Å². The van der Waals surface area contributed by atoms with Crippen LogP contribution >= 0.6 is 0 Å². The van der Waals surface area contributed by atoms with E-state index in [0.717, 1.165) is 11.1 Å². The quantitative estimate of drug-likeness (QED) is 0.648. The van der Waals surface area contributed by atoms with Crippen molar-refractivity contribution in [1.29, 1.82) is 0 Å². The second-order valence-electron chi connectivity index (χ2n) is 6.05. The van der Waals surface area contributed by atoms with E-state index in [1.54, 1.807) is 50.9 Å². The van der Waals surface area contributed by atoms with Crippen molar-refractivity contribution in [2.75, 3.05) is 14.2 Å². The van der Waals surface area contributed by atoms with E-state index in [1.807, 2.05) is 30.3 Å². The zero-order valence-electron chi connectivity index (χ0n) is 15.8. The van der Waals surface area contributed by atoms with Crippen molar-refractivity contribution < 1.29 is 19.0 Å². The number of benzene rings is 2. The van der Waals surface area contributed by atoms with E-state index in [-0.39, 0.29) is 5.91 Å². The summed E-state index contributed by atoms with van der Waals surface area (Å²) in [7, 11) is 3.18. The van der Waals surface area contributed by atoms with Gasteiger partial charge < -0.3 is 19.5 Å². The Kier molecular flexibility index (Phi) is 6.46. The Morgan fingerprint density at radius 1 is 0.964 bits per heavy atom. The third-order valence-corrected chi connectivity index (χ3v) is 4.15. The third-order valence-electron chi connectivity index (χ3n) is 4.15. The molecule has 1 amide bonds. The highest BCUT2D eigenvalue weighted by Gasteiger charge is 2.09. The van der Waals surface area contributed by atoms with Crippen LogP contribution in [0.1, 0.15) is 21.5 Å². The molecule has 2 aromatic carbocycles. The molecule has 0 unspecified atom stereocenters. The average molecular weight is 378 g/mol. The number of nitrogens with zero attached hydrogens (tertiary/aromatic N) is 1. The molecule has 0 saturated carbocycles. The summed E-state index contributed by atoms with van der Waals surface area (Å²) in [6.45, 7) is 0.780. The van der Waals surface area contributed by atoms with Gasteiger partial charge in [0.1, 0.15) is 12.4 Å². The Hall–Kier alpha value is -3.54. The number of aromatic nitrogens is 1. The normalized spacial score (nSPS) is 10.2. The number of carbonyl (C=O) groups excluding carboxylic acids is 1. The van der Waals surface area contributed by atoms with Crippen LogP contribution in [0.4, 0.5) is 0 Å². The Bertz CT molecular complexity index is 912. The maximum Gasteiger partial charge on any atom is 0.251 e. The molecule has 28 heavy (non-hydrogen) atoms. The second-order valence-corrected chi connectivity index (χ2v) is 6.05. The topological polar surface area (TPSA) is 69.7 Å². The number of carbonyl (C=O) groups is 1. The molecule has 3 rings (SSSR count). The summed E-state index contributed by atoms with van der Waals surface area (Å²) < 4.78 is 16.3. The van der Waals surface area contributed by atoms with E-state index in [1.165, 1.54) is 0 Å². The lowest BCUT2D eigenvalue weighted by Crippen LogP contribution is -2.22. The van der Waals surface area contributed by atoms with Crippen molar-refractivity contribution in [2.45, 2.75) is 13.2 Å². The van der Waals surface area contributed by atoms with Crippen LogP contribution in [0.15, 0.2) is 67.0 Å². The Morgan fingerprint density at radius 3 is 2.46 bits per heavy atom. The molecule has 0 fully saturated rings. The van der Waals surface area contributed by atoms with E-state index < -0.39 is 0 Å². The number of nitrogens with one attached hydrogen (secondary N) is 1. The van der Waals surface area contributed by atoms with Crippen LogP contribution < -0.4 is 19.5 Å². The van der Waals surface area contributed by atoms with E-state index in [9.17, 15) is 4.79 Å². The van der Waals surface area contributed by atoms with Crippen molar-refractivity contribution in [3.8, 4) is 17.2 Å². The van der Waals surface area contributed by atoms with Gasteiger partial charge in [-0.3, -0.25) is 9.78 Å². The smallest absolute Gasteiger partial charge is 0.251 e. The zero-order chi connectivity index (χ0) is 19.8. The number of pyridine rings is 1. The highest BCUT2D eigenvalue weighted by Crippen LogP contribution is 2.28. The summed E-state index contributed by atoms with van der Waals surface area (Å²) in [5.74, 6) is 1.80. The molecular formula is C22H22N2O4. The molecule has 1 aromatic heterocycles. The highest BCUT2D eigenvalue weighted by atomic mass is 16.5. The van der Waals surface area contributed by atoms with E-state index in [4.69, 9.17) is 14.2 Å². The van der Waals surface area contributed by atoms with Gasteiger partial charge in [0, 0.05) is 30.1 Å². The molecule has 6 heteroatoms. The second kappa shape index (κ2) is 9.41. The van der Waals surface area contributed by atoms with Crippen LogP contribution in [0, 0.1) is 0 Å². The number of ether oxygens (including phenoxy) is 3. The van der Waals surface area contributed by atoms with Crippen LogP contribution in [0.2, 0.25) is 0 Å². The molecule has 1 heterocycles. The minimum Gasteiger partial charge on any atom is -0.497 e. The van der Waals surface area contributed by atoms with Crippen molar-refractivity contribution in [3.05, 3.63) is 83.7 Å². The van der Waals surface area contributed by atoms with Crippen molar-refractivity contribution in [2.24, 2.45) is 0 Å². The van der Waals surface area contributed by atoms with Gasteiger partial charge in [0.15, 0.2) is 11.5 Å². The molecule has 144 valence electrons. The van der Waals surface area contributed by atoms with Gasteiger partial charge in [-0.15, -0.1) is 0 Å². The van der Waals surface area contributed by atoms with Gasteiger partial charge in [0.25, 0.3) is 5.91 Å². The summed E-state index contributed by atoms with van der Waals surface area (Å²) in [5, 5.41) is 2.90. The Labute approximate surface area is 164 Å². The molecule has 0 aliphatic rings. The van der Waals surface area contributed by atoms with Crippen LogP contribution in [0.5, 0.6) is 17.2 Å². The first-order chi connectivity index (χ1) is 13.7. The predicted molar refractivity (Wildman–Crippen MR) is 106 cm³/mol. The molecule has 3 aromatic rings. The fourth-order valence-electron chi connectivity index (χ4n) is 2.61. The summed E-state index contributed by atoms with van der Waals surface area (Å²) in [4.78, 5) is 16.4. The molecule has 0 radical (unpaired) electrons. The fraction of sp³-hybridized carbons (Fsp3) is 0.182. The van der Waals surface area contributed by atoms with E-state index >= 15 is 0 Å². The first kappa shape index (κ1) is 19.2. The summed E-state index contributed by atoms with van der Waals surface area (Å²) in [5.41, 5.74) is 2.46. The highest BCUT2D eigenvalue weighted by molar-refractivity contribution is 5.94. The lowest BCUT2D eigenvalue weighted by Gasteiger charge is -2.13. The number of rotatable bonds is 8. The lowest BCUT2D eigenvalue weighted by atomic mass is 10.1. The molecule has 1 N–H and O–H groups in total. The van der Waals surface area contributed by atoms with Gasteiger partial charge in [0.05, 0.1) is 14.2 Å². The first-order valence-electron chi connectivity index (χ1n) is 8.80. The van der Waals surface area contributed by atoms with Gasteiger partial charge in [-0.1, -0.05) is 12.1 Å². The molecular weight excluding hydrogens is 356 g/mol. The molecule has 0 aliphatic carbocycles. The van der Waals surface area contributed by atoms with Crippen LogP contribution in [-0.4, -0.2) is 25.1 Å². The maximum atomic E-state index is 12.3. The molecule has 0 aliphatic heterocycles. The zero-order valence-corrected chi connectivity index (χ0v) is 15.8. The van der Waals surface area contributed by atoms with Gasteiger partial charge in [-0.2, -0.15) is 0 Å². The standard InChI is InChI=1S/C22H22N2O4/c1-26-19-8-6-18(7-9-19)22(25)24-14-16-5-10-20(21(12-16)27-2)28-15-17-4-3-11-23-13-17/h3-13H,14-15H2,1-2H3,(H,24,25). The Balaban J connectivity index is 1.60. The molecule has 0 saturated heterocycles. The van der Waals surface area contributed by atoms with Crippen LogP contribution in [0.25, 0.3) is 0 Å². The van der Waals surface area contributed by atoms with Crippen molar-refractivity contribution in [1.82, 2.24) is 10.3 Å². The SMILES string of the molecule is COc1ccc(C(=O)NCc2ccc(OCc3cccnc3)c(OC)c2)cc1. The van der Waals surface area contributed by atoms with Gasteiger partial charge in [0.2, 0.25) is 0 Å². The van der Waals surface area contributed by atoms with Gasteiger partial charge in [-0.05, 0) is 48.0 Å². The molecule has 0 bridgehead atoms. The Morgan fingerprint density at radius 2 is 1.79 bits per heavy atom. The van der Waals surface area contributed by atoms with Crippen LogP contribution in [0.3, 0.4) is 0 Å². The predicted octanol–water partition coefficient (Wildman–Crippen LogP) is 3.61. The van der Waals surface area contributed by atoms with Gasteiger partial charge in [-0.25, -0.2) is 0 Å². The van der Waals surface area contributed by atoms with Crippen molar-refractivity contribution >= 4 is 5.91 Å². The van der Waals surface area contributed by atoms with E-state index in [0.29, 0.717) is 36.0 Å². The van der Waals surface area contributed by atoms with Gasteiger partial charge >= 0.3 is 0 Å². The molecule has 6 nitrogen and oxygen atoms in total. The number of hydrogen-bond donors (Lipinski definition) is 1. The minimum absolute atomic E-state index is 0.154. The maximum absolute atomic E-state index is 12.3. The fourth-order valence-corrected chi connectivity index (χ4v) is 2.61. The lowest BCUT2D eigenvalue weighted by molar-refractivity contribution is 0.0951.